The van der Waals surface area contributed by atoms with Gasteiger partial charge in [-0.25, -0.2) is 9.78 Å². The predicted molar refractivity (Wildman–Crippen MR) is 102 cm³/mol. The van der Waals surface area contributed by atoms with E-state index in [1.807, 2.05) is 13.0 Å². The minimum Gasteiger partial charge on any atom is -0.464 e. The summed E-state index contributed by atoms with van der Waals surface area (Å²) in [5, 5.41) is 1.04. The highest BCUT2D eigenvalue weighted by molar-refractivity contribution is 6.30. The van der Waals surface area contributed by atoms with E-state index in [1.165, 1.54) is 4.57 Å². The van der Waals surface area contributed by atoms with Gasteiger partial charge in [0.25, 0.3) is 5.56 Å². The zero-order chi connectivity index (χ0) is 18.7. The lowest BCUT2D eigenvalue weighted by Gasteiger charge is -2.19. The van der Waals surface area contributed by atoms with Crippen molar-refractivity contribution in [2.75, 3.05) is 6.61 Å². The molecule has 3 rings (SSSR count). The number of esters is 1. The zero-order valence-corrected chi connectivity index (χ0v) is 15.4. The quantitative estimate of drug-likeness (QED) is 0.630. The molecule has 26 heavy (non-hydrogen) atoms. The van der Waals surface area contributed by atoms with Crippen molar-refractivity contribution in [2.45, 2.75) is 26.3 Å². The highest BCUT2D eigenvalue weighted by Crippen LogP contribution is 2.24. The van der Waals surface area contributed by atoms with Crippen LogP contribution < -0.4 is 5.56 Å². The van der Waals surface area contributed by atoms with Gasteiger partial charge in [-0.05, 0) is 49.7 Å². The number of benzene rings is 2. The van der Waals surface area contributed by atoms with Crippen molar-refractivity contribution in [1.82, 2.24) is 9.55 Å². The molecule has 0 aliphatic heterocycles. The third-order valence-electron chi connectivity index (χ3n) is 4.09. The number of fused-ring (bicyclic) bond motifs is 1. The molecule has 0 fully saturated rings. The number of hydrogen-bond acceptors (Lipinski definition) is 4. The summed E-state index contributed by atoms with van der Waals surface area (Å²) in [6, 6.07) is 13.3. The molecule has 1 atom stereocenters. The normalized spacial score (nSPS) is 12.1. The highest BCUT2D eigenvalue weighted by atomic mass is 35.5. The summed E-state index contributed by atoms with van der Waals surface area (Å²) >= 11 is 5.97. The molecule has 1 aromatic heterocycles. The standard InChI is InChI=1S/C20H19ClN2O3/c1-3-12-26-20(25)13(2)23-18(14-8-10-15(21)11-9-14)22-17-7-5-4-6-16(17)19(23)24/h4-11,13H,3,12H2,1-2H3. The Kier molecular flexibility index (Phi) is 5.38. The third-order valence-corrected chi connectivity index (χ3v) is 4.34. The molecule has 1 heterocycles. The molecule has 6 heteroatoms. The maximum absolute atomic E-state index is 13.1. The summed E-state index contributed by atoms with van der Waals surface area (Å²) in [6.07, 6.45) is 0.716. The Balaban J connectivity index is 2.22. The SMILES string of the molecule is CCCOC(=O)C(C)n1c(-c2ccc(Cl)cc2)nc2ccccc2c1=O. The van der Waals surface area contributed by atoms with Gasteiger partial charge in [0.1, 0.15) is 11.9 Å². The second-order valence-corrected chi connectivity index (χ2v) is 6.41. The fraction of sp³-hybridized carbons (Fsp3) is 0.250. The number of ether oxygens (including phenoxy) is 1. The second-order valence-electron chi connectivity index (χ2n) is 5.98. The Morgan fingerprint density at radius 1 is 1.19 bits per heavy atom. The molecule has 1 unspecified atom stereocenters. The van der Waals surface area contributed by atoms with Crippen molar-refractivity contribution >= 4 is 28.5 Å². The monoisotopic (exact) mass is 370 g/mol. The molecule has 0 bridgehead atoms. The van der Waals surface area contributed by atoms with E-state index < -0.39 is 12.0 Å². The lowest BCUT2D eigenvalue weighted by Crippen LogP contribution is -2.31. The third kappa shape index (κ3) is 3.48. The van der Waals surface area contributed by atoms with Crippen molar-refractivity contribution in [3.8, 4) is 11.4 Å². The Bertz CT molecular complexity index is 996. The number of hydrogen-bond donors (Lipinski definition) is 0. The number of carbonyl (C=O) groups is 1. The molecule has 0 aliphatic carbocycles. The smallest absolute Gasteiger partial charge is 0.329 e. The second kappa shape index (κ2) is 7.70. The number of aromatic nitrogens is 2. The summed E-state index contributed by atoms with van der Waals surface area (Å²) in [6.45, 7) is 3.88. The zero-order valence-electron chi connectivity index (χ0n) is 14.6. The highest BCUT2D eigenvalue weighted by Gasteiger charge is 2.23. The van der Waals surface area contributed by atoms with Gasteiger partial charge in [-0.2, -0.15) is 0 Å². The van der Waals surface area contributed by atoms with Crippen LogP contribution in [0.3, 0.4) is 0 Å². The minimum atomic E-state index is -0.795. The topological polar surface area (TPSA) is 61.2 Å². The minimum absolute atomic E-state index is 0.276. The molecule has 3 aromatic rings. The first-order chi connectivity index (χ1) is 12.5. The van der Waals surface area contributed by atoms with Crippen LogP contribution in [0.25, 0.3) is 22.3 Å². The van der Waals surface area contributed by atoms with E-state index in [0.717, 1.165) is 0 Å². The first kappa shape index (κ1) is 18.1. The van der Waals surface area contributed by atoms with Crippen LogP contribution in [0.4, 0.5) is 0 Å². The summed E-state index contributed by atoms with van der Waals surface area (Å²) in [5.74, 6) is -0.0486. The van der Waals surface area contributed by atoms with E-state index in [4.69, 9.17) is 16.3 Å². The van der Waals surface area contributed by atoms with E-state index in [9.17, 15) is 9.59 Å². The van der Waals surface area contributed by atoms with Gasteiger partial charge in [0, 0.05) is 10.6 Å². The van der Waals surface area contributed by atoms with Gasteiger partial charge >= 0.3 is 5.97 Å². The van der Waals surface area contributed by atoms with Gasteiger partial charge < -0.3 is 4.74 Å². The lowest BCUT2D eigenvalue weighted by atomic mass is 10.1. The molecule has 0 amide bonds. The molecule has 0 spiro atoms. The Labute approximate surface area is 156 Å². The van der Waals surface area contributed by atoms with E-state index in [2.05, 4.69) is 4.98 Å². The Morgan fingerprint density at radius 2 is 1.88 bits per heavy atom. The van der Waals surface area contributed by atoms with Gasteiger partial charge in [-0.15, -0.1) is 0 Å². The van der Waals surface area contributed by atoms with Gasteiger partial charge in [0.2, 0.25) is 0 Å². The molecule has 0 N–H and O–H groups in total. The summed E-state index contributed by atoms with van der Waals surface area (Å²) in [7, 11) is 0. The van der Waals surface area contributed by atoms with Crippen LogP contribution >= 0.6 is 11.6 Å². The molecular formula is C20H19ClN2O3. The van der Waals surface area contributed by atoms with Crippen LogP contribution in [0, 0.1) is 0 Å². The first-order valence-electron chi connectivity index (χ1n) is 8.46. The van der Waals surface area contributed by atoms with Crippen LogP contribution in [0.2, 0.25) is 5.02 Å². The molecule has 0 saturated heterocycles. The number of carbonyl (C=O) groups excluding carboxylic acids is 1. The number of nitrogens with zero attached hydrogens (tertiary/aromatic N) is 2. The van der Waals surface area contributed by atoms with Crippen LogP contribution in [0.15, 0.2) is 53.3 Å². The predicted octanol–water partition coefficient (Wildman–Crippen LogP) is 4.23. The lowest BCUT2D eigenvalue weighted by molar-refractivity contribution is -0.147. The largest absolute Gasteiger partial charge is 0.464 e. The fourth-order valence-corrected chi connectivity index (χ4v) is 2.86. The van der Waals surface area contributed by atoms with Gasteiger partial charge in [-0.1, -0.05) is 30.7 Å². The van der Waals surface area contributed by atoms with Crippen LogP contribution in [0.1, 0.15) is 26.3 Å². The van der Waals surface area contributed by atoms with E-state index in [-0.39, 0.29) is 5.56 Å². The molecule has 134 valence electrons. The average molecular weight is 371 g/mol. The average Bonchev–Trinajstić information content (AvgIpc) is 2.66. The number of rotatable bonds is 5. The van der Waals surface area contributed by atoms with Crippen molar-refractivity contribution < 1.29 is 9.53 Å². The van der Waals surface area contributed by atoms with Crippen molar-refractivity contribution in [1.29, 1.82) is 0 Å². The fourth-order valence-electron chi connectivity index (χ4n) is 2.74. The Hall–Kier alpha value is -2.66. The van der Waals surface area contributed by atoms with E-state index in [1.54, 1.807) is 49.4 Å². The van der Waals surface area contributed by atoms with Gasteiger partial charge in [-0.3, -0.25) is 9.36 Å². The maximum Gasteiger partial charge on any atom is 0.329 e. The van der Waals surface area contributed by atoms with E-state index >= 15 is 0 Å². The van der Waals surface area contributed by atoms with Crippen LogP contribution in [-0.2, 0) is 9.53 Å². The number of para-hydroxylation sites is 1. The van der Waals surface area contributed by atoms with Crippen LogP contribution in [0.5, 0.6) is 0 Å². The summed E-state index contributed by atoms with van der Waals surface area (Å²) in [5.41, 5.74) is 1.00. The summed E-state index contributed by atoms with van der Waals surface area (Å²) < 4.78 is 6.63. The molecule has 0 aliphatic rings. The molecule has 0 radical (unpaired) electrons. The molecule has 2 aromatic carbocycles. The van der Waals surface area contributed by atoms with Crippen molar-refractivity contribution in [3.63, 3.8) is 0 Å². The maximum atomic E-state index is 13.1. The molecule has 5 nitrogen and oxygen atoms in total. The van der Waals surface area contributed by atoms with Gasteiger partial charge in [0.05, 0.1) is 17.5 Å². The van der Waals surface area contributed by atoms with Crippen LogP contribution in [-0.4, -0.2) is 22.1 Å². The van der Waals surface area contributed by atoms with Crippen molar-refractivity contribution in [2.24, 2.45) is 0 Å². The number of halogens is 1. The molecular weight excluding hydrogens is 352 g/mol. The molecule has 0 saturated carbocycles. The van der Waals surface area contributed by atoms with E-state index in [0.29, 0.717) is 40.3 Å². The first-order valence-corrected chi connectivity index (χ1v) is 8.84. The Morgan fingerprint density at radius 3 is 2.58 bits per heavy atom. The summed E-state index contributed by atoms with van der Waals surface area (Å²) in [4.78, 5) is 30.1. The van der Waals surface area contributed by atoms with Gasteiger partial charge in [0.15, 0.2) is 0 Å². The van der Waals surface area contributed by atoms with Crippen molar-refractivity contribution in [3.05, 3.63) is 63.9 Å².